The van der Waals surface area contributed by atoms with Crippen LogP contribution < -0.4 is 5.32 Å². The van der Waals surface area contributed by atoms with Crippen molar-refractivity contribution in [3.8, 4) is 5.75 Å². The highest BCUT2D eigenvalue weighted by Crippen LogP contribution is 2.24. The fourth-order valence-electron chi connectivity index (χ4n) is 2.47. The third-order valence-electron chi connectivity index (χ3n) is 3.70. The number of rotatable bonds is 8. The molecule has 0 saturated carbocycles. The van der Waals surface area contributed by atoms with Gasteiger partial charge in [-0.3, -0.25) is 0 Å². The van der Waals surface area contributed by atoms with Gasteiger partial charge in [0.1, 0.15) is 11.6 Å². The zero-order valence-electron chi connectivity index (χ0n) is 12.5. The maximum absolute atomic E-state index is 13.2. The fraction of sp³-hybridized carbons (Fsp3) is 0.625. The van der Waals surface area contributed by atoms with Crippen LogP contribution in [-0.2, 0) is 9.47 Å². The van der Waals surface area contributed by atoms with Crippen LogP contribution in [0.3, 0.4) is 0 Å². The molecule has 4 nitrogen and oxygen atoms in total. The summed E-state index contributed by atoms with van der Waals surface area (Å²) in [5.41, 5.74) is 0.579. The zero-order valence-corrected chi connectivity index (χ0v) is 12.5. The second kappa shape index (κ2) is 8.32. The monoisotopic (exact) mass is 297 g/mol. The molecule has 1 fully saturated rings. The number of hydrogen-bond donors (Lipinski definition) is 2. The molecule has 1 aliphatic rings. The van der Waals surface area contributed by atoms with Crippen molar-refractivity contribution in [2.45, 2.75) is 38.3 Å². The first kappa shape index (κ1) is 16.2. The van der Waals surface area contributed by atoms with Gasteiger partial charge in [0.05, 0.1) is 12.7 Å². The summed E-state index contributed by atoms with van der Waals surface area (Å²) in [5.74, 6) is -0.220. The first-order chi connectivity index (χ1) is 10.2. The van der Waals surface area contributed by atoms with Crippen LogP contribution in [0.5, 0.6) is 5.75 Å². The van der Waals surface area contributed by atoms with E-state index in [0.717, 1.165) is 32.4 Å². The van der Waals surface area contributed by atoms with Gasteiger partial charge in [0.15, 0.2) is 0 Å². The van der Waals surface area contributed by atoms with Crippen molar-refractivity contribution >= 4 is 0 Å². The molecule has 0 radical (unpaired) electrons. The van der Waals surface area contributed by atoms with Crippen LogP contribution in [0.2, 0.25) is 0 Å². The quantitative estimate of drug-likeness (QED) is 0.724. The van der Waals surface area contributed by atoms with Crippen LogP contribution in [0, 0.1) is 5.82 Å². The minimum Gasteiger partial charge on any atom is -0.508 e. The lowest BCUT2D eigenvalue weighted by molar-refractivity contribution is 0.0165. The summed E-state index contributed by atoms with van der Waals surface area (Å²) in [6.45, 7) is 4.85. The van der Waals surface area contributed by atoms with Crippen molar-refractivity contribution in [2.75, 3.05) is 26.4 Å². The number of benzene rings is 1. The summed E-state index contributed by atoms with van der Waals surface area (Å²) in [6.07, 6.45) is 3.35. The Kier molecular flexibility index (Phi) is 6.42. The average Bonchev–Trinajstić information content (AvgIpc) is 2.98. The molecule has 1 aromatic rings. The Morgan fingerprint density at radius 2 is 2.38 bits per heavy atom. The third-order valence-corrected chi connectivity index (χ3v) is 3.70. The molecule has 2 rings (SSSR count). The Morgan fingerprint density at radius 3 is 3.14 bits per heavy atom. The molecule has 21 heavy (non-hydrogen) atoms. The highest BCUT2D eigenvalue weighted by Gasteiger charge is 2.15. The molecular weight excluding hydrogens is 273 g/mol. The largest absolute Gasteiger partial charge is 0.508 e. The van der Waals surface area contributed by atoms with E-state index in [1.165, 1.54) is 18.2 Å². The van der Waals surface area contributed by atoms with E-state index in [4.69, 9.17) is 9.47 Å². The number of hydrogen-bond acceptors (Lipinski definition) is 4. The van der Waals surface area contributed by atoms with E-state index in [0.29, 0.717) is 18.8 Å². The van der Waals surface area contributed by atoms with Gasteiger partial charge in [-0.1, -0.05) is 0 Å². The lowest BCUT2D eigenvalue weighted by atomic mass is 10.1. The van der Waals surface area contributed by atoms with E-state index in [1.54, 1.807) is 0 Å². The molecule has 2 N–H and O–H groups in total. The van der Waals surface area contributed by atoms with Gasteiger partial charge in [-0.2, -0.15) is 0 Å². The molecule has 1 saturated heterocycles. The van der Waals surface area contributed by atoms with Crippen molar-refractivity contribution in [3.05, 3.63) is 29.6 Å². The van der Waals surface area contributed by atoms with Crippen molar-refractivity contribution < 1.29 is 19.0 Å². The summed E-state index contributed by atoms with van der Waals surface area (Å²) >= 11 is 0. The molecule has 0 bridgehead atoms. The number of phenols is 1. The van der Waals surface area contributed by atoms with Crippen LogP contribution >= 0.6 is 0 Å². The second-order valence-electron chi connectivity index (χ2n) is 5.44. The standard InChI is InChI=1S/C16H24FNO3/c1-12(15-10-13(17)5-6-16(15)19)18-7-3-8-20-11-14-4-2-9-21-14/h5-6,10,12,14,18-19H,2-4,7-9,11H2,1H3. The van der Waals surface area contributed by atoms with Crippen LogP contribution in [0.4, 0.5) is 4.39 Å². The molecule has 2 unspecified atom stereocenters. The van der Waals surface area contributed by atoms with Crippen LogP contribution in [-0.4, -0.2) is 37.6 Å². The molecule has 0 aromatic heterocycles. The summed E-state index contributed by atoms with van der Waals surface area (Å²) in [6, 6.07) is 3.90. The third kappa shape index (κ3) is 5.26. The van der Waals surface area contributed by atoms with Crippen LogP contribution in [0.1, 0.15) is 37.8 Å². The van der Waals surface area contributed by atoms with Crippen molar-refractivity contribution in [2.24, 2.45) is 0 Å². The van der Waals surface area contributed by atoms with Gasteiger partial charge in [0, 0.05) is 24.8 Å². The Labute approximate surface area is 125 Å². The Hall–Kier alpha value is -1.17. The predicted molar refractivity (Wildman–Crippen MR) is 78.9 cm³/mol. The number of phenolic OH excluding ortho intramolecular Hbond substituents is 1. The molecule has 0 spiro atoms. The van der Waals surface area contributed by atoms with E-state index >= 15 is 0 Å². The lowest BCUT2D eigenvalue weighted by Gasteiger charge is -2.16. The molecule has 1 aliphatic heterocycles. The van der Waals surface area contributed by atoms with E-state index < -0.39 is 0 Å². The van der Waals surface area contributed by atoms with E-state index in [2.05, 4.69) is 5.32 Å². The molecule has 118 valence electrons. The molecule has 0 amide bonds. The van der Waals surface area contributed by atoms with Crippen LogP contribution in [0.15, 0.2) is 18.2 Å². The zero-order chi connectivity index (χ0) is 15.1. The smallest absolute Gasteiger partial charge is 0.123 e. The normalized spacial score (nSPS) is 19.8. The highest BCUT2D eigenvalue weighted by atomic mass is 19.1. The number of halogens is 1. The SMILES string of the molecule is CC(NCCCOCC1CCCO1)c1cc(F)ccc1O. The second-order valence-corrected chi connectivity index (χ2v) is 5.44. The number of aromatic hydroxyl groups is 1. The van der Waals surface area contributed by atoms with Gasteiger partial charge in [0.25, 0.3) is 0 Å². The Balaban J connectivity index is 1.60. The predicted octanol–water partition coefficient (Wildman–Crippen LogP) is 2.77. The molecule has 1 heterocycles. The number of nitrogens with one attached hydrogen (secondary N) is 1. The van der Waals surface area contributed by atoms with Gasteiger partial charge >= 0.3 is 0 Å². The summed E-state index contributed by atoms with van der Waals surface area (Å²) in [7, 11) is 0. The number of ether oxygens (including phenoxy) is 2. The van der Waals surface area contributed by atoms with Crippen molar-refractivity contribution in [1.29, 1.82) is 0 Å². The van der Waals surface area contributed by atoms with Crippen molar-refractivity contribution in [1.82, 2.24) is 5.32 Å². The minimum absolute atomic E-state index is 0.0983. The van der Waals surface area contributed by atoms with E-state index in [1.807, 2.05) is 6.92 Å². The molecule has 5 heteroatoms. The summed E-state index contributed by atoms with van der Waals surface area (Å²) < 4.78 is 24.2. The lowest BCUT2D eigenvalue weighted by Crippen LogP contribution is -2.22. The van der Waals surface area contributed by atoms with E-state index in [9.17, 15) is 9.50 Å². The Morgan fingerprint density at radius 1 is 1.52 bits per heavy atom. The topological polar surface area (TPSA) is 50.7 Å². The minimum atomic E-state index is -0.337. The average molecular weight is 297 g/mol. The molecule has 2 atom stereocenters. The summed E-state index contributed by atoms with van der Waals surface area (Å²) in [4.78, 5) is 0. The van der Waals surface area contributed by atoms with Gasteiger partial charge in [-0.05, 0) is 50.9 Å². The first-order valence-electron chi connectivity index (χ1n) is 7.58. The van der Waals surface area contributed by atoms with Gasteiger partial charge < -0.3 is 19.9 Å². The van der Waals surface area contributed by atoms with Gasteiger partial charge in [-0.25, -0.2) is 4.39 Å². The maximum atomic E-state index is 13.2. The fourth-order valence-corrected chi connectivity index (χ4v) is 2.47. The highest BCUT2D eigenvalue weighted by molar-refractivity contribution is 5.34. The molecule has 1 aromatic carbocycles. The van der Waals surface area contributed by atoms with E-state index in [-0.39, 0.29) is 23.7 Å². The van der Waals surface area contributed by atoms with Gasteiger partial charge in [0.2, 0.25) is 0 Å². The first-order valence-corrected chi connectivity index (χ1v) is 7.58. The summed E-state index contributed by atoms with van der Waals surface area (Å²) in [5, 5.41) is 13.0. The van der Waals surface area contributed by atoms with Gasteiger partial charge in [-0.15, -0.1) is 0 Å². The maximum Gasteiger partial charge on any atom is 0.123 e. The van der Waals surface area contributed by atoms with Crippen molar-refractivity contribution in [3.63, 3.8) is 0 Å². The van der Waals surface area contributed by atoms with Crippen LogP contribution in [0.25, 0.3) is 0 Å². The molecular formula is C16H24FNO3. The Bertz CT molecular complexity index is 436. The molecule has 0 aliphatic carbocycles.